The highest BCUT2D eigenvalue weighted by Gasteiger charge is 2.78. The number of epoxide rings is 1. The lowest BCUT2D eigenvalue weighted by Crippen LogP contribution is -2.69. The molecular formula is C50H69N3O11. The maximum Gasteiger partial charge on any atom is 0.327 e. The quantitative estimate of drug-likeness (QED) is 0.155. The Balaban J connectivity index is 0.852. The van der Waals surface area contributed by atoms with Crippen LogP contribution in [0.1, 0.15) is 136 Å². The third-order valence-corrected chi connectivity index (χ3v) is 16.3. The molecule has 14 heteroatoms. The van der Waals surface area contributed by atoms with Gasteiger partial charge in [-0.25, -0.2) is 0 Å². The number of rotatable bonds is 14. The van der Waals surface area contributed by atoms with Gasteiger partial charge in [-0.3, -0.25) is 24.0 Å². The molecule has 2 amide bonds. The normalized spacial score (nSPS) is 37.9. The van der Waals surface area contributed by atoms with Crippen LogP contribution in [0.5, 0.6) is 0 Å². The zero-order chi connectivity index (χ0) is 45.0. The molecule has 1 aromatic rings. The van der Waals surface area contributed by atoms with Crippen molar-refractivity contribution in [2.75, 3.05) is 13.2 Å². The third kappa shape index (κ3) is 8.13. The van der Waals surface area contributed by atoms with Crippen LogP contribution >= 0.6 is 0 Å². The number of amides is 2. The largest absolute Gasteiger partial charge is 0.460 e. The standard InChI is InChI=1S/C50H69N3O11/c1-46(2,3)61-39(56)18-16-33(27-54)52-38(55)20-22-51-45(58)49-25-36-40-41(63-50(62-40,31-12-13-31)32-14-15-32)43(49)64-53(42(49)44(57)59-36)26-29-9-7-28(8-10-29)23-30-11-17-37-48(6,60-37)21-19-35-34(30)24-47(35,4)5/h7-10,23,31-37,40-43,54H,11-22,24-27H2,1-6H3,(H,51,58)(H,52,55). The second-order valence-corrected chi connectivity index (χ2v) is 22.6. The number of ether oxygens (including phenoxy) is 5. The minimum atomic E-state index is -1.36. The SMILES string of the molecule is CC(C)(C)OC(=O)CCC(CO)NC(=O)CCNC(=O)C12CC3OC(=O)C1N(Cc1ccc(C=C4CCC5OC5(C)CCC5C4CC5(C)C)cc1)OC2C1OC(C2CC2)(C2CC2)OC31. The minimum absolute atomic E-state index is 0.0155. The van der Waals surface area contributed by atoms with Crippen LogP contribution in [0.2, 0.25) is 0 Å². The van der Waals surface area contributed by atoms with Gasteiger partial charge < -0.3 is 39.4 Å². The van der Waals surface area contributed by atoms with E-state index in [0.717, 1.165) is 56.1 Å². The molecule has 5 saturated carbocycles. The number of hydroxylamine groups is 2. The van der Waals surface area contributed by atoms with Crippen molar-refractivity contribution in [3.8, 4) is 0 Å². The Morgan fingerprint density at radius 2 is 1.67 bits per heavy atom. The molecular weight excluding hydrogens is 819 g/mol. The summed E-state index contributed by atoms with van der Waals surface area (Å²) in [5, 5.41) is 17.3. The number of carbonyl (C=O) groups is 4. The summed E-state index contributed by atoms with van der Waals surface area (Å²) in [7, 11) is 0. The second kappa shape index (κ2) is 16.1. The molecule has 4 saturated heterocycles. The number of esters is 2. The fourth-order valence-electron chi connectivity index (χ4n) is 12.6. The monoisotopic (exact) mass is 887 g/mol. The van der Waals surface area contributed by atoms with E-state index in [1.54, 1.807) is 25.8 Å². The van der Waals surface area contributed by atoms with Gasteiger partial charge in [0.25, 0.3) is 0 Å². The van der Waals surface area contributed by atoms with E-state index in [1.807, 2.05) is 0 Å². The summed E-state index contributed by atoms with van der Waals surface area (Å²) in [5.41, 5.74) is 1.96. The van der Waals surface area contributed by atoms with Gasteiger partial charge in [-0.15, -0.1) is 0 Å². The first kappa shape index (κ1) is 44.4. The van der Waals surface area contributed by atoms with Crippen LogP contribution in [0.3, 0.4) is 0 Å². The third-order valence-electron chi connectivity index (χ3n) is 16.3. The summed E-state index contributed by atoms with van der Waals surface area (Å²) in [6, 6.07) is 6.73. The molecule has 4 heterocycles. The summed E-state index contributed by atoms with van der Waals surface area (Å²) in [4.78, 5) is 61.3. The first-order valence-electron chi connectivity index (χ1n) is 24.3. The van der Waals surface area contributed by atoms with Crippen molar-refractivity contribution in [1.82, 2.24) is 15.7 Å². The Kier molecular flexibility index (Phi) is 11.2. The number of benzene rings is 1. The lowest BCUT2D eigenvalue weighted by atomic mass is 9.52. The number of nitrogens with zero attached hydrogens (tertiary/aromatic N) is 1. The molecule has 3 N–H and O–H groups in total. The number of hydrogen-bond donors (Lipinski definition) is 3. The number of carbonyl (C=O) groups excluding carboxylic acids is 4. The van der Waals surface area contributed by atoms with E-state index in [1.165, 1.54) is 18.4 Å². The maximum absolute atomic E-state index is 14.8. The van der Waals surface area contributed by atoms with E-state index in [4.69, 9.17) is 28.5 Å². The summed E-state index contributed by atoms with van der Waals surface area (Å²) < 4.78 is 31.7. The van der Waals surface area contributed by atoms with E-state index in [9.17, 15) is 24.3 Å². The van der Waals surface area contributed by atoms with Gasteiger partial charge in [0, 0.05) is 37.6 Å². The molecule has 11 unspecified atom stereocenters. The van der Waals surface area contributed by atoms with Gasteiger partial charge in [0.05, 0.1) is 30.9 Å². The number of fused-ring (bicyclic) bond motifs is 6. The lowest BCUT2D eigenvalue weighted by molar-refractivity contribution is -0.235. The number of allylic oxidation sites excluding steroid dienone is 1. The summed E-state index contributed by atoms with van der Waals surface area (Å²) in [6.07, 6.45) is 10.0. The molecule has 0 spiro atoms. The molecule has 14 nitrogen and oxygen atoms in total. The molecule has 10 rings (SSSR count). The van der Waals surface area contributed by atoms with Gasteiger partial charge in [-0.2, -0.15) is 5.06 Å². The van der Waals surface area contributed by atoms with Crippen molar-refractivity contribution in [3.05, 3.63) is 41.0 Å². The molecule has 1 aromatic carbocycles. The fraction of sp³-hybridized carbons (Fsp3) is 0.760. The van der Waals surface area contributed by atoms with Crippen LogP contribution in [0.4, 0.5) is 0 Å². The smallest absolute Gasteiger partial charge is 0.327 e. The predicted molar refractivity (Wildman–Crippen MR) is 232 cm³/mol. The Bertz CT molecular complexity index is 2030. The van der Waals surface area contributed by atoms with Crippen molar-refractivity contribution in [1.29, 1.82) is 0 Å². The summed E-state index contributed by atoms with van der Waals surface area (Å²) in [6.45, 7) is 12.3. The van der Waals surface area contributed by atoms with Gasteiger partial charge in [-0.05, 0) is 120 Å². The topological polar surface area (TPSA) is 174 Å². The van der Waals surface area contributed by atoms with Crippen molar-refractivity contribution in [2.24, 2.45) is 34.5 Å². The number of aliphatic hydroxyl groups excluding tert-OH is 1. The highest BCUT2D eigenvalue weighted by molar-refractivity contribution is 5.94. The molecule has 11 atom stereocenters. The minimum Gasteiger partial charge on any atom is -0.460 e. The van der Waals surface area contributed by atoms with Gasteiger partial charge >= 0.3 is 11.9 Å². The first-order valence-corrected chi connectivity index (χ1v) is 24.3. The van der Waals surface area contributed by atoms with E-state index in [2.05, 4.69) is 61.7 Å². The van der Waals surface area contributed by atoms with Crippen LogP contribution in [0.25, 0.3) is 6.08 Å². The summed E-state index contributed by atoms with van der Waals surface area (Å²) >= 11 is 0. The van der Waals surface area contributed by atoms with E-state index in [-0.39, 0.29) is 62.8 Å². The van der Waals surface area contributed by atoms with Crippen LogP contribution in [0, 0.1) is 34.5 Å². The van der Waals surface area contributed by atoms with Crippen molar-refractivity contribution < 1.29 is 52.8 Å². The lowest BCUT2D eigenvalue weighted by Gasteiger charge is -2.53. The highest BCUT2D eigenvalue weighted by atomic mass is 16.8. The van der Waals surface area contributed by atoms with Crippen LogP contribution in [-0.4, -0.2) is 107 Å². The van der Waals surface area contributed by atoms with E-state index in [0.29, 0.717) is 23.4 Å². The number of nitrogens with one attached hydrogen (secondary N) is 2. The van der Waals surface area contributed by atoms with Gasteiger partial charge in [0.15, 0.2) is 11.8 Å². The second-order valence-electron chi connectivity index (χ2n) is 22.6. The molecule has 9 aliphatic rings. The Morgan fingerprint density at radius 1 is 0.953 bits per heavy atom. The Labute approximate surface area is 377 Å². The zero-order valence-corrected chi connectivity index (χ0v) is 38.5. The van der Waals surface area contributed by atoms with Gasteiger partial charge in [-0.1, -0.05) is 49.8 Å². The molecule has 64 heavy (non-hydrogen) atoms. The Morgan fingerprint density at radius 3 is 2.34 bits per heavy atom. The zero-order valence-electron chi connectivity index (χ0n) is 38.5. The molecule has 5 aliphatic carbocycles. The first-order chi connectivity index (χ1) is 30.4. The van der Waals surface area contributed by atoms with Gasteiger partial charge in [0.1, 0.15) is 35.4 Å². The molecule has 2 bridgehead atoms. The molecule has 0 aromatic heterocycles. The fourth-order valence-corrected chi connectivity index (χ4v) is 12.6. The number of aliphatic hydroxyl groups is 1. The van der Waals surface area contributed by atoms with Gasteiger partial charge in [0.2, 0.25) is 11.8 Å². The highest BCUT2D eigenvalue weighted by Crippen LogP contribution is 2.64. The van der Waals surface area contributed by atoms with Crippen LogP contribution in [0.15, 0.2) is 29.8 Å². The van der Waals surface area contributed by atoms with E-state index < -0.39 is 77.1 Å². The number of hydrogen-bond acceptors (Lipinski definition) is 12. The average Bonchev–Trinajstić information content (AvgIpc) is 4.18. The van der Waals surface area contributed by atoms with Crippen molar-refractivity contribution in [3.63, 3.8) is 0 Å². The maximum atomic E-state index is 14.8. The summed E-state index contributed by atoms with van der Waals surface area (Å²) in [5.74, 6) is -0.745. The van der Waals surface area contributed by atoms with E-state index >= 15 is 0 Å². The predicted octanol–water partition coefficient (Wildman–Crippen LogP) is 5.67. The molecule has 9 fully saturated rings. The van der Waals surface area contributed by atoms with Crippen molar-refractivity contribution in [2.45, 2.75) is 191 Å². The Hall–Kier alpha value is -3.40. The molecule has 0 radical (unpaired) electrons. The molecule has 350 valence electrons. The van der Waals surface area contributed by atoms with Crippen LogP contribution in [-0.2, 0) is 54.2 Å². The molecule has 4 aliphatic heterocycles. The van der Waals surface area contributed by atoms with Crippen molar-refractivity contribution >= 4 is 29.8 Å². The van der Waals surface area contributed by atoms with Crippen LogP contribution < -0.4 is 10.6 Å². The average molecular weight is 888 g/mol.